The molecule has 3 amide bonds. The van der Waals surface area contributed by atoms with Crippen LogP contribution in [-0.2, 0) is 20.8 Å². The first-order chi connectivity index (χ1) is 18.6. The fraction of sp³-hybridized carbons (Fsp3) is 0.710. The van der Waals surface area contributed by atoms with Crippen molar-refractivity contribution >= 4 is 29.3 Å². The van der Waals surface area contributed by atoms with E-state index < -0.39 is 5.41 Å². The summed E-state index contributed by atoms with van der Waals surface area (Å²) in [6.45, 7) is 8.12. The Morgan fingerprint density at radius 2 is 1.69 bits per heavy atom. The van der Waals surface area contributed by atoms with Crippen molar-refractivity contribution in [3.63, 3.8) is 0 Å². The third-order valence-electron chi connectivity index (χ3n) is 8.88. The highest BCUT2D eigenvalue weighted by Crippen LogP contribution is 2.46. The van der Waals surface area contributed by atoms with Crippen LogP contribution in [0.1, 0.15) is 90.5 Å². The molecule has 0 spiro atoms. The molecule has 7 nitrogen and oxygen atoms in total. The van der Waals surface area contributed by atoms with Crippen molar-refractivity contribution in [3.05, 3.63) is 34.9 Å². The summed E-state index contributed by atoms with van der Waals surface area (Å²) in [4.78, 5) is 42.1. The number of carbonyl (C=O) groups excluding carboxylic acids is 3. The van der Waals surface area contributed by atoms with Crippen molar-refractivity contribution in [1.82, 2.24) is 20.9 Å². The zero-order valence-electron chi connectivity index (χ0n) is 24.0. The first kappa shape index (κ1) is 29.9. The molecule has 0 aromatic heterocycles. The monoisotopic (exact) mass is 558 g/mol. The van der Waals surface area contributed by atoms with Crippen molar-refractivity contribution in [2.24, 2.45) is 11.3 Å². The second kappa shape index (κ2) is 13.0. The van der Waals surface area contributed by atoms with E-state index in [0.717, 1.165) is 37.8 Å². The molecule has 2 heterocycles. The molecule has 216 valence electrons. The molecule has 2 aliphatic heterocycles. The number of carbonyl (C=O) groups is 3. The molecule has 2 atom stereocenters. The molecule has 4 rings (SSSR count). The molecule has 0 unspecified atom stereocenters. The Morgan fingerprint density at radius 1 is 1.03 bits per heavy atom. The lowest BCUT2D eigenvalue weighted by Gasteiger charge is -2.47. The third kappa shape index (κ3) is 7.97. The van der Waals surface area contributed by atoms with Gasteiger partial charge in [0, 0.05) is 36.1 Å². The zero-order valence-corrected chi connectivity index (χ0v) is 24.7. The van der Waals surface area contributed by atoms with Crippen LogP contribution in [0.25, 0.3) is 0 Å². The first-order valence-corrected chi connectivity index (χ1v) is 15.3. The van der Waals surface area contributed by atoms with Crippen molar-refractivity contribution in [2.75, 3.05) is 19.6 Å². The van der Waals surface area contributed by atoms with Crippen LogP contribution in [0.2, 0.25) is 5.02 Å². The van der Waals surface area contributed by atoms with Crippen molar-refractivity contribution in [1.29, 1.82) is 0 Å². The van der Waals surface area contributed by atoms with Gasteiger partial charge < -0.3 is 20.9 Å². The molecule has 39 heavy (non-hydrogen) atoms. The van der Waals surface area contributed by atoms with Crippen LogP contribution in [0.4, 0.5) is 0 Å². The second-order valence-electron chi connectivity index (χ2n) is 13.0. The van der Waals surface area contributed by atoms with Gasteiger partial charge in [0.1, 0.15) is 0 Å². The van der Waals surface area contributed by atoms with E-state index in [1.54, 1.807) is 0 Å². The topological polar surface area (TPSA) is 90.5 Å². The van der Waals surface area contributed by atoms with E-state index in [1.807, 2.05) is 49.9 Å². The van der Waals surface area contributed by atoms with E-state index in [1.165, 1.54) is 19.3 Å². The maximum atomic E-state index is 13.7. The number of halogens is 1. The van der Waals surface area contributed by atoms with Gasteiger partial charge in [-0.15, -0.1) is 0 Å². The maximum Gasteiger partial charge on any atom is 0.237 e. The summed E-state index contributed by atoms with van der Waals surface area (Å²) in [6.07, 6.45) is 9.80. The number of rotatable bonds is 8. The zero-order chi connectivity index (χ0) is 28.0. The van der Waals surface area contributed by atoms with Gasteiger partial charge in [-0.25, -0.2) is 0 Å². The second-order valence-corrected chi connectivity index (χ2v) is 13.4. The van der Waals surface area contributed by atoms with Crippen LogP contribution >= 0.6 is 11.6 Å². The molecule has 8 heteroatoms. The quantitative estimate of drug-likeness (QED) is 0.434. The van der Waals surface area contributed by atoms with E-state index in [2.05, 4.69) is 16.0 Å². The Morgan fingerprint density at radius 3 is 2.28 bits per heavy atom. The Balaban J connectivity index is 1.43. The van der Waals surface area contributed by atoms with E-state index in [-0.39, 0.29) is 41.8 Å². The standard InChI is InChI=1S/C31H47ClN4O3/c1-30(2,3)35-29(39)31(23-8-5-4-6-9-23)15-18-36(19-16-31)27(37)21-25(20-22-11-13-24(32)14-12-22)34-28(38)26-10-7-17-33-26/h11-14,23,25-26,33H,4-10,15-21H2,1-3H3,(H,34,38)(H,35,39)/t25-,26-/m1/s1. The largest absolute Gasteiger partial charge is 0.351 e. The minimum Gasteiger partial charge on any atom is -0.351 e. The van der Waals surface area contributed by atoms with Crippen LogP contribution in [0.15, 0.2) is 24.3 Å². The first-order valence-electron chi connectivity index (χ1n) is 14.9. The molecule has 2 saturated heterocycles. The molecule has 0 radical (unpaired) electrons. The molecular formula is C31H47ClN4O3. The summed E-state index contributed by atoms with van der Waals surface area (Å²) in [5.41, 5.74) is 0.341. The fourth-order valence-corrected chi connectivity index (χ4v) is 6.85. The van der Waals surface area contributed by atoms with Gasteiger partial charge in [-0.1, -0.05) is 43.0 Å². The van der Waals surface area contributed by atoms with Crippen LogP contribution < -0.4 is 16.0 Å². The van der Waals surface area contributed by atoms with Gasteiger partial charge >= 0.3 is 0 Å². The van der Waals surface area contributed by atoms with Gasteiger partial charge in [-0.3, -0.25) is 14.4 Å². The Labute approximate surface area is 239 Å². The van der Waals surface area contributed by atoms with Crippen LogP contribution in [0.5, 0.6) is 0 Å². The smallest absolute Gasteiger partial charge is 0.237 e. The average Bonchev–Trinajstić information content (AvgIpc) is 3.45. The highest BCUT2D eigenvalue weighted by Gasteiger charge is 2.48. The summed E-state index contributed by atoms with van der Waals surface area (Å²) in [6, 6.07) is 7.09. The Hall–Kier alpha value is -2.12. The molecule has 1 aliphatic carbocycles. The van der Waals surface area contributed by atoms with Crippen molar-refractivity contribution in [3.8, 4) is 0 Å². The lowest BCUT2D eigenvalue weighted by atomic mass is 9.63. The number of nitrogens with zero attached hydrogens (tertiary/aromatic N) is 1. The summed E-state index contributed by atoms with van der Waals surface area (Å²) in [7, 11) is 0. The predicted molar refractivity (Wildman–Crippen MR) is 155 cm³/mol. The average molecular weight is 559 g/mol. The highest BCUT2D eigenvalue weighted by atomic mass is 35.5. The summed E-state index contributed by atoms with van der Waals surface area (Å²) in [5, 5.41) is 10.4. The molecule has 1 aromatic rings. The summed E-state index contributed by atoms with van der Waals surface area (Å²) >= 11 is 6.07. The highest BCUT2D eigenvalue weighted by molar-refractivity contribution is 6.30. The Bertz CT molecular complexity index is 986. The van der Waals surface area contributed by atoms with Gasteiger partial charge in [0.15, 0.2) is 0 Å². The third-order valence-corrected chi connectivity index (χ3v) is 9.13. The number of hydrogen-bond acceptors (Lipinski definition) is 4. The summed E-state index contributed by atoms with van der Waals surface area (Å²) < 4.78 is 0. The molecule has 0 bridgehead atoms. The van der Waals surface area contributed by atoms with Crippen LogP contribution in [0.3, 0.4) is 0 Å². The predicted octanol–water partition coefficient (Wildman–Crippen LogP) is 4.61. The summed E-state index contributed by atoms with van der Waals surface area (Å²) in [5.74, 6) is 0.544. The van der Waals surface area contributed by atoms with E-state index in [4.69, 9.17) is 11.6 Å². The molecular weight excluding hydrogens is 512 g/mol. The minimum atomic E-state index is -0.407. The Kier molecular flexibility index (Phi) is 9.97. The van der Waals surface area contributed by atoms with Gasteiger partial charge in [-0.2, -0.15) is 0 Å². The lowest BCUT2D eigenvalue weighted by molar-refractivity contribution is -0.146. The molecule has 1 aromatic carbocycles. The SMILES string of the molecule is CC(C)(C)NC(=O)C1(C2CCCCC2)CCN(C(=O)C[C@@H](Cc2ccc(Cl)cc2)NC(=O)[C@H]2CCCN2)CC1. The number of benzene rings is 1. The van der Waals surface area contributed by atoms with Gasteiger partial charge in [-0.05, 0) is 95.9 Å². The molecule has 1 saturated carbocycles. The van der Waals surface area contributed by atoms with Gasteiger partial charge in [0.2, 0.25) is 17.7 Å². The van der Waals surface area contributed by atoms with E-state index in [0.29, 0.717) is 43.3 Å². The van der Waals surface area contributed by atoms with Gasteiger partial charge in [0.05, 0.1) is 11.5 Å². The number of hydrogen-bond donors (Lipinski definition) is 3. The molecule has 3 aliphatic rings. The number of piperidine rings is 1. The van der Waals surface area contributed by atoms with Crippen LogP contribution in [-0.4, -0.2) is 59.9 Å². The maximum absolute atomic E-state index is 13.7. The van der Waals surface area contributed by atoms with Crippen LogP contribution in [0, 0.1) is 11.3 Å². The molecule has 3 fully saturated rings. The fourth-order valence-electron chi connectivity index (χ4n) is 6.73. The van der Waals surface area contributed by atoms with E-state index >= 15 is 0 Å². The van der Waals surface area contributed by atoms with E-state index in [9.17, 15) is 14.4 Å². The lowest BCUT2D eigenvalue weighted by Crippen LogP contribution is -2.57. The van der Waals surface area contributed by atoms with Gasteiger partial charge in [0.25, 0.3) is 0 Å². The normalized spacial score (nSPS) is 22.8. The number of amides is 3. The van der Waals surface area contributed by atoms with Crippen molar-refractivity contribution in [2.45, 2.75) is 109 Å². The number of nitrogens with one attached hydrogen (secondary N) is 3. The number of likely N-dealkylation sites (tertiary alicyclic amines) is 1. The molecule has 3 N–H and O–H groups in total. The minimum absolute atomic E-state index is 0.0342. The van der Waals surface area contributed by atoms with Crippen molar-refractivity contribution < 1.29 is 14.4 Å².